The fourth-order valence-electron chi connectivity index (χ4n) is 3.64. The normalized spacial score (nSPS) is 17.7. The zero-order valence-corrected chi connectivity index (χ0v) is 20.2. The summed E-state index contributed by atoms with van der Waals surface area (Å²) in [6.45, 7) is 9.29. The van der Waals surface area contributed by atoms with E-state index in [1.807, 2.05) is 77.1 Å². The minimum absolute atomic E-state index is 0.231. The third-order valence-electron chi connectivity index (χ3n) is 5.16. The molecule has 0 aliphatic carbocycles. The highest BCUT2D eigenvalue weighted by Gasteiger charge is 2.46. The third kappa shape index (κ3) is 4.57. The first-order valence-electron chi connectivity index (χ1n) is 10.8. The van der Waals surface area contributed by atoms with Crippen LogP contribution < -0.4 is 0 Å². The molecular formula is C27H26N2O3S. The van der Waals surface area contributed by atoms with Gasteiger partial charge in [0.05, 0.1) is 0 Å². The number of ether oxygens (including phenoxy) is 1. The topological polar surface area (TPSA) is 68.6 Å². The Morgan fingerprint density at radius 1 is 0.970 bits per heavy atom. The van der Waals surface area contributed by atoms with Gasteiger partial charge in [-0.15, -0.1) is 11.3 Å². The number of esters is 1. The number of carbonyl (C=O) groups is 2. The van der Waals surface area contributed by atoms with Crippen molar-refractivity contribution in [3.63, 3.8) is 0 Å². The molecule has 6 heteroatoms. The highest BCUT2D eigenvalue weighted by molar-refractivity contribution is 7.17. The first kappa shape index (κ1) is 22.8. The van der Waals surface area contributed by atoms with E-state index in [1.165, 1.54) is 11.3 Å². The molecular weight excluding hydrogens is 432 g/mol. The van der Waals surface area contributed by atoms with Gasteiger partial charge >= 0.3 is 5.97 Å². The van der Waals surface area contributed by atoms with Gasteiger partial charge in [-0.25, -0.2) is 9.78 Å². The van der Waals surface area contributed by atoms with E-state index in [2.05, 4.69) is 4.99 Å². The predicted molar refractivity (Wildman–Crippen MR) is 132 cm³/mol. The van der Waals surface area contributed by atoms with Crippen molar-refractivity contribution in [2.24, 2.45) is 4.99 Å². The van der Waals surface area contributed by atoms with E-state index in [0.717, 1.165) is 16.7 Å². The Hall–Kier alpha value is -3.38. The van der Waals surface area contributed by atoms with Crippen LogP contribution in [0.1, 0.15) is 59.0 Å². The van der Waals surface area contributed by atoms with Crippen molar-refractivity contribution < 1.29 is 14.3 Å². The molecule has 168 valence electrons. The molecule has 1 atom stereocenters. The summed E-state index contributed by atoms with van der Waals surface area (Å²) >= 11 is 1.22. The van der Waals surface area contributed by atoms with Gasteiger partial charge in [-0.05, 0) is 46.3 Å². The Kier molecular flexibility index (Phi) is 5.89. The van der Waals surface area contributed by atoms with Gasteiger partial charge in [0.1, 0.15) is 21.2 Å². The summed E-state index contributed by atoms with van der Waals surface area (Å²) in [5.74, 6) is -0.744. The molecule has 3 aromatic rings. The van der Waals surface area contributed by atoms with E-state index in [0.29, 0.717) is 16.3 Å². The molecule has 33 heavy (non-hydrogen) atoms. The maximum atomic E-state index is 13.9. The quantitative estimate of drug-likeness (QED) is 0.338. The van der Waals surface area contributed by atoms with Crippen LogP contribution in [0.4, 0.5) is 0 Å². The van der Waals surface area contributed by atoms with Crippen molar-refractivity contribution in [3.05, 3.63) is 87.9 Å². The Morgan fingerprint density at radius 2 is 1.64 bits per heavy atom. The van der Waals surface area contributed by atoms with Crippen molar-refractivity contribution in [3.8, 4) is 10.6 Å². The number of aliphatic imine (C=N–C) groups is 1. The summed E-state index contributed by atoms with van der Waals surface area (Å²) in [7, 11) is 0. The smallest absolute Gasteiger partial charge is 0.350 e. The Bertz CT molecular complexity index is 1260. The third-order valence-corrected chi connectivity index (χ3v) is 6.25. The first-order chi connectivity index (χ1) is 15.6. The number of nitrogens with zero attached hydrogens (tertiary/aromatic N) is 2. The monoisotopic (exact) mass is 458 g/mol. The van der Waals surface area contributed by atoms with E-state index in [4.69, 9.17) is 9.72 Å². The van der Waals surface area contributed by atoms with E-state index < -0.39 is 17.1 Å². The molecule has 5 nitrogen and oxygen atoms in total. The van der Waals surface area contributed by atoms with Gasteiger partial charge in [-0.1, -0.05) is 60.2 Å². The lowest BCUT2D eigenvalue weighted by atomic mass is 9.85. The second-order valence-corrected chi connectivity index (χ2v) is 10.2. The maximum Gasteiger partial charge on any atom is 0.350 e. The van der Waals surface area contributed by atoms with Crippen LogP contribution in [-0.4, -0.2) is 28.6 Å². The summed E-state index contributed by atoms with van der Waals surface area (Å²) in [6, 6.07) is 16.9. The van der Waals surface area contributed by atoms with Gasteiger partial charge in [-0.3, -0.25) is 9.79 Å². The number of rotatable bonds is 5. The lowest BCUT2D eigenvalue weighted by molar-refractivity contribution is 0.00730. The van der Waals surface area contributed by atoms with Gasteiger partial charge in [0, 0.05) is 17.3 Å². The zero-order chi connectivity index (χ0) is 23.8. The zero-order valence-electron chi connectivity index (χ0n) is 19.4. The van der Waals surface area contributed by atoms with Crippen molar-refractivity contribution in [2.75, 3.05) is 0 Å². The molecule has 0 radical (unpaired) electrons. The molecule has 0 saturated heterocycles. The van der Waals surface area contributed by atoms with Gasteiger partial charge in [-0.2, -0.15) is 0 Å². The second kappa shape index (κ2) is 8.52. The molecule has 1 aromatic heterocycles. The van der Waals surface area contributed by atoms with Gasteiger partial charge in [0.15, 0.2) is 5.54 Å². The summed E-state index contributed by atoms with van der Waals surface area (Å²) in [6.07, 6.45) is 3.44. The highest BCUT2D eigenvalue weighted by Crippen LogP contribution is 2.42. The first-order valence-corrected chi connectivity index (χ1v) is 11.6. The lowest BCUT2D eigenvalue weighted by Gasteiger charge is -2.24. The average Bonchev–Trinajstić information content (AvgIpc) is 3.38. The van der Waals surface area contributed by atoms with Crippen LogP contribution in [0.5, 0.6) is 0 Å². The number of aryl methyl sites for hydroxylation is 1. The molecule has 0 amide bonds. The standard InChI is InChI=1S/C27H26N2O3S/c1-17-11-13-19(14-12-17)23(30)27(15-18(2)16-28-27)22-21(25(31)32-26(3,4)5)33-24(29-22)20-9-7-6-8-10-20/h6-16H,1-5H3. The fourth-order valence-corrected chi connectivity index (χ4v) is 4.65. The van der Waals surface area contributed by atoms with Crippen LogP contribution in [0.2, 0.25) is 0 Å². The van der Waals surface area contributed by atoms with Crippen LogP contribution in [0, 0.1) is 6.92 Å². The van der Waals surface area contributed by atoms with E-state index >= 15 is 0 Å². The Morgan fingerprint density at radius 3 is 2.21 bits per heavy atom. The van der Waals surface area contributed by atoms with E-state index in [-0.39, 0.29) is 10.7 Å². The number of thiazole rings is 1. The lowest BCUT2D eigenvalue weighted by Crippen LogP contribution is -2.34. The average molecular weight is 459 g/mol. The van der Waals surface area contributed by atoms with E-state index in [1.54, 1.807) is 24.4 Å². The van der Waals surface area contributed by atoms with Crippen LogP contribution in [0.15, 0.2) is 71.2 Å². The number of carbonyl (C=O) groups excluding carboxylic acids is 2. The van der Waals surface area contributed by atoms with Crippen LogP contribution >= 0.6 is 11.3 Å². The van der Waals surface area contributed by atoms with Gasteiger partial charge in [0.25, 0.3) is 0 Å². The predicted octanol–water partition coefficient (Wildman–Crippen LogP) is 6.18. The van der Waals surface area contributed by atoms with Gasteiger partial charge < -0.3 is 4.74 Å². The molecule has 4 rings (SSSR count). The Balaban J connectivity index is 1.92. The highest BCUT2D eigenvalue weighted by atomic mass is 32.1. The molecule has 1 unspecified atom stereocenters. The molecule has 1 aliphatic heterocycles. The molecule has 2 heterocycles. The maximum absolute atomic E-state index is 13.9. The van der Waals surface area contributed by atoms with Crippen LogP contribution in [0.3, 0.4) is 0 Å². The molecule has 0 spiro atoms. The molecule has 1 aliphatic rings. The summed E-state index contributed by atoms with van der Waals surface area (Å²) in [5, 5.41) is 0.635. The minimum Gasteiger partial charge on any atom is -0.456 e. The Labute approximate surface area is 197 Å². The minimum atomic E-state index is -1.42. The van der Waals surface area contributed by atoms with Crippen molar-refractivity contribution in [1.29, 1.82) is 0 Å². The molecule has 0 bridgehead atoms. The fraction of sp³-hybridized carbons (Fsp3) is 0.259. The van der Waals surface area contributed by atoms with Crippen LogP contribution in [0.25, 0.3) is 10.6 Å². The van der Waals surface area contributed by atoms with Gasteiger partial charge in [0.2, 0.25) is 5.78 Å². The number of Topliss-reactive ketones (excluding diaryl/α,β-unsaturated/α-hetero) is 1. The number of ketones is 1. The molecule has 0 saturated carbocycles. The summed E-state index contributed by atoms with van der Waals surface area (Å²) in [5.41, 5.74) is 1.45. The van der Waals surface area contributed by atoms with Crippen LogP contribution in [-0.2, 0) is 10.3 Å². The van der Waals surface area contributed by atoms with E-state index in [9.17, 15) is 9.59 Å². The van der Waals surface area contributed by atoms with Crippen molar-refractivity contribution in [2.45, 2.75) is 45.8 Å². The molecule has 0 N–H and O–H groups in total. The number of hydrogen-bond donors (Lipinski definition) is 0. The van der Waals surface area contributed by atoms with Crippen molar-refractivity contribution in [1.82, 2.24) is 4.98 Å². The molecule has 0 fully saturated rings. The number of allylic oxidation sites excluding steroid dienone is 1. The summed E-state index contributed by atoms with van der Waals surface area (Å²) in [4.78, 5) is 36.9. The summed E-state index contributed by atoms with van der Waals surface area (Å²) < 4.78 is 5.69. The SMILES string of the molecule is CC1=CC(C(=O)c2ccc(C)cc2)(c2nc(-c3ccccc3)sc2C(=O)OC(C)(C)C)N=C1. The second-order valence-electron chi connectivity index (χ2n) is 9.17. The number of aromatic nitrogens is 1. The molecule has 2 aromatic carbocycles. The number of benzene rings is 2. The largest absolute Gasteiger partial charge is 0.456 e. The van der Waals surface area contributed by atoms with Crippen molar-refractivity contribution >= 4 is 29.3 Å². The number of hydrogen-bond acceptors (Lipinski definition) is 6.